The van der Waals surface area contributed by atoms with E-state index in [4.69, 9.17) is 4.74 Å². The van der Waals surface area contributed by atoms with Gasteiger partial charge in [0, 0.05) is 5.56 Å². The van der Waals surface area contributed by atoms with E-state index < -0.39 is 0 Å². The number of pyridine rings is 1. The second-order valence-electron chi connectivity index (χ2n) is 8.87. The molecule has 3 aromatic carbocycles. The number of imidazole rings is 1. The molecule has 1 aliphatic rings. The van der Waals surface area contributed by atoms with Crippen LogP contribution in [0.4, 0.5) is 0 Å². The molecule has 6 rings (SSSR count). The molecule has 1 saturated heterocycles. The first-order chi connectivity index (χ1) is 16.8. The van der Waals surface area contributed by atoms with E-state index in [2.05, 4.69) is 118 Å². The highest BCUT2D eigenvalue weighted by Gasteiger charge is 2.39. The van der Waals surface area contributed by atoms with Crippen LogP contribution in [0.2, 0.25) is 0 Å². The number of ether oxygens (including phenoxy) is 1. The fraction of sp³-hybridized carbons (Fsp3) is 0.167. The van der Waals surface area contributed by atoms with Gasteiger partial charge in [-0.05, 0) is 60.4 Å². The Bertz CT molecular complexity index is 1350. The fourth-order valence-electron chi connectivity index (χ4n) is 5.29. The van der Waals surface area contributed by atoms with Crippen LogP contribution in [0.25, 0.3) is 16.8 Å². The minimum absolute atomic E-state index is 0.318. The Labute approximate surface area is 200 Å². The number of methoxy groups -OCH3 is 1. The fourth-order valence-corrected chi connectivity index (χ4v) is 5.29. The predicted molar refractivity (Wildman–Crippen MR) is 135 cm³/mol. The van der Waals surface area contributed by atoms with Crippen LogP contribution < -0.4 is 14.1 Å². The van der Waals surface area contributed by atoms with E-state index in [1.54, 1.807) is 7.11 Å². The number of nitrogens with zero attached hydrogens (tertiary/aromatic N) is 3. The van der Waals surface area contributed by atoms with Crippen molar-refractivity contribution in [2.45, 2.75) is 24.9 Å². The highest BCUT2D eigenvalue weighted by atomic mass is 16.5. The van der Waals surface area contributed by atoms with Crippen LogP contribution in [-0.2, 0) is 0 Å². The van der Waals surface area contributed by atoms with Gasteiger partial charge in [-0.15, -0.1) is 4.68 Å². The van der Waals surface area contributed by atoms with Crippen LogP contribution in [0.5, 0.6) is 5.75 Å². The van der Waals surface area contributed by atoms with E-state index in [0.717, 1.165) is 29.8 Å². The topological polar surface area (TPSA) is 21.5 Å². The van der Waals surface area contributed by atoms with Gasteiger partial charge in [0.05, 0.1) is 19.2 Å². The van der Waals surface area contributed by atoms with Crippen molar-refractivity contribution < 1.29 is 9.14 Å². The van der Waals surface area contributed by atoms with Crippen LogP contribution in [0.1, 0.15) is 36.1 Å². The van der Waals surface area contributed by atoms with Gasteiger partial charge in [0.2, 0.25) is 0 Å². The van der Waals surface area contributed by atoms with Crippen molar-refractivity contribution in [1.29, 1.82) is 0 Å². The van der Waals surface area contributed by atoms with E-state index in [0.29, 0.717) is 12.1 Å². The maximum absolute atomic E-state index is 5.35. The molecule has 0 unspecified atom stereocenters. The summed E-state index contributed by atoms with van der Waals surface area (Å²) in [5.74, 6) is 0.868. The van der Waals surface area contributed by atoms with Gasteiger partial charge >= 0.3 is 0 Å². The van der Waals surface area contributed by atoms with E-state index >= 15 is 0 Å². The molecule has 1 fully saturated rings. The van der Waals surface area contributed by atoms with Gasteiger partial charge in [0.1, 0.15) is 11.4 Å². The van der Waals surface area contributed by atoms with Crippen LogP contribution in [0, 0.1) is 0 Å². The molecule has 0 aliphatic carbocycles. The van der Waals surface area contributed by atoms with Crippen LogP contribution in [0.3, 0.4) is 0 Å². The lowest BCUT2D eigenvalue weighted by Gasteiger charge is -2.28. The van der Waals surface area contributed by atoms with E-state index in [-0.39, 0.29) is 0 Å². The number of hydrogen-bond acceptors (Lipinski definition) is 2. The molecule has 168 valence electrons. The zero-order valence-corrected chi connectivity index (χ0v) is 19.3. The lowest BCUT2D eigenvalue weighted by molar-refractivity contribution is -0.500. The first kappa shape index (κ1) is 20.5. The summed E-state index contributed by atoms with van der Waals surface area (Å²) in [5.41, 5.74) is 6.21. The van der Waals surface area contributed by atoms with Gasteiger partial charge in [0.15, 0.2) is 11.7 Å². The van der Waals surface area contributed by atoms with Gasteiger partial charge in [-0.3, -0.25) is 0 Å². The van der Waals surface area contributed by atoms with Gasteiger partial charge in [-0.25, -0.2) is 5.01 Å². The smallest absolute Gasteiger partial charge is 0.273 e. The summed E-state index contributed by atoms with van der Waals surface area (Å²) >= 11 is 0. The molecule has 1 aliphatic heterocycles. The molecule has 0 N–H and O–H groups in total. The standard InChI is InChI=1S/C30H28N3O/c1-34-27-17-15-25(16-18-27)28-14-8-13-26-21-31(22-32(26)28)33-29(23-9-4-2-5-10-23)19-20-30(33)24-11-6-3-7-12-24/h2-18,21-22,29-30H,19-20H2,1H3/q+1/t29-,30-/m0/s1. The summed E-state index contributed by atoms with van der Waals surface area (Å²) in [6, 6.07) is 37.2. The summed E-state index contributed by atoms with van der Waals surface area (Å²) in [4.78, 5) is 0. The Hall–Kier alpha value is -4.05. The lowest BCUT2D eigenvalue weighted by Crippen LogP contribution is -2.36. The Morgan fingerprint density at radius 3 is 1.91 bits per heavy atom. The van der Waals surface area contributed by atoms with E-state index in [1.165, 1.54) is 16.6 Å². The molecule has 5 aromatic rings. The Morgan fingerprint density at radius 2 is 1.32 bits per heavy atom. The van der Waals surface area contributed by atoms with Crippen LogP contribution in [0.15, 0.2) is 116 Å². The lowest BCUT2D eigenvalue weighted by atomic mass is 10.0. The molecule has 2 aromatic heterocycles. The van der Waals surface area contributed by atoms with Crippen molar-refractivity contribution in [3.63, 3.8) is 0 Å². The van der Waals surface area contributed by atoms with Gasteiger partial charge in [-0.2, -0.15) is 4.40 Å². The number of aromatic nitrogens is 2. The predicted octanol–water partition coefficient (Wildman–Crippen LogP) is 6.12. The SMILES string of the molecule is COc1ccc(-c2cccc3cn(N4[C@H](c5ccccc5)CC[C@H]4c4ccccc4)c[n+]23)cc1. The largest absolute Gasteiger partial charge is 0.497 e. The number of hydrogen-bond donors (Lipinski definition) is 0. The van der Waals surface area contributed by atoms with Crippen molar-refractivity contribution in [3.8, 4) is 17.0 Å². The molecular formula is C30H28N3O+. The van der Waals surface area contributed by atoms with E-state index in [1.807, 2.05) is 12.1 Å². The van der Waals surface area contributed by atoms with E-state index in [9.17, 15) is 0 Å². The third-order valence-corrected chi connectivity index (χ3v) is 6.93. The summed E-state index contributed by atoms with van der Waals surface area (Å²) < 4.78 is 9.95. The first-order valence-corrected chi connectivity index (χ1v) is 11.9. The molecule has 0 radical (unpaired) electrons. The zero-order valence-electron chi connectivity index (χ0n) is 19.3. The zero-order chi connectivity index (χ0) is 22.9. The van der Waals surface area contributed by atoms with Crippen molar-refractivity contribution in [1.82, 2.24) is 4.68 Å². The Morgan fingerprint density at radius 1 is 0.706 bits per heavy atom. The maximum atomic E-state index is 5.35. The van der Waals surface area contributed by atoms with Gasteiger partial charge in [-0.1, -0.05) is 66.7 Å². The highest BCUT2D eigenvalue weighted by molar-refractivity contribution is 5.59. The molecule has 34 heavy (non-hydrogen) atoms. The minimum Gasteiger partial charge on any atom is -0.497 e. The third kappa shape index (κ3) is 3.61. The first-order valence-electron chi connectivity index (χ1n) is 11.9. The average molecular weight is 447 g/mol. The van der Waals surface area contributed by atoms with Gasteiger partial charge in [0.25, 0.3) is 6.33 Å². The minimum atomic E-state index is 0.318. The molecule has 0 amide bonds. The maximum Gasteiger partial charge on any atom is 0.273 e. The summed E-state index contributed by atoms with van der Waals surface area (Å²) in [6.07, 6.45) is 6.72. The average Bonchev–Trinajstić information content (AvgIpc) is 3.54. The number of rotatable bonds is 5. The van der Waals surface area contributed by atoms with Gasteiger partial charge < -0.3 is 4.74 Å². The Balaban J connectivity index is 1.47. The number of fused-ring (bicyclic) bond motifs is 1. The molecule has 4 nitrogen and oxygen atoms in total. The summed E-state index contributed by atoms with van der Waals surface area (Å²) in [7, 11) is 1.70. The summed E-state index contributed by atoms with van der Waals surface area (Å²) in [5, 5.41) is 2.55. The molecule has 0 bridgehead atoms. The molecule has 2 atom stereocenters. The van der Waals surface area contributed by atoms with Crippen molar-refractivity contribution in [2.75, 3.05) is 12.1 Å². The highest BCUT2D eigenvalue weighted by Crippen LogP contribution is 2.42. The van der Waals surface area contributed by atoms with Crippen LogP contribution in [-0.4, -0.2) is 11.8 Å². The van der Waals surface area contributed by atoms with Crippen molar-refractivity contribution in [3.05, 3.63) is 127 Å². The summed E-state index contributed by atoms with van der Waals surface area (Å²) in [6.45, 7) is 0. The monoisotopic (exact) mass is 446 g/mol. The second kappa shape index (κ2) is 8.71. The van der Waals surface area contributed by atoms with Crippen molar-refractivity contribution in [2.24, 2.45) is 0 Å². The number of benzene rings is 3. The Kier molecular flexibility index (Phi) is 5.27. The molecule has 0 saturated carbocycles. The molecule has 4 heteroatoms. The molecule has 0 spiro atoms. The normalized spacial score (nSPS) is 17.9. The van der Waals surface area contributed by atoms with Crippen molar-refractivity contribution >= 4 is 5.52 Å². The van der Waals surface area contributed by atoms with Crippen LogP contribution >= 0.6 is 0 Å². The third-order valence-electron chi connectivity index (χ3n) is 6.93. The second-order valence-corrected chi connectivity index (χ2v) is 8.87. The quantitative estimate of drug-likeness (QED) is 0.304. The molecular weight excluding hydrogens is 418 g/mol. The molecule has 3 heterocycles.